The molecule has 3 aromatic heterocycles. The molecule has 6 heterocycles. The number of benzene rings is 1. The number of hydrogen-bond acceptors (Lipinski definition) is 15. The van der Waals surface area contributed by atoms with Gasteiger partial charge in [-0.15, -0.1) is 11.3 Å². The van der Waals surface area contributed by atoms with Gasteiger partial charge in [0.1, 0.15) is 47.0 Å². The van der Waals surface area contributed by atoms with Gasteiger partial charge in [0.05, 0.1) is 24.5 Å². The van der Waals surface area contributed by atoms with Crippen LogP contribution in [0.3, 0.4) is 0 Å². The molecule has 9 rings (SSSR count). The monoisotopic (exact) mass is 1100 g/mol. The molecule has 5 aliphatic rings. The van der Waals surface area contributed by atoms with Crippen molar-refractivity contribution in [1.82, 2.24) is 40.0 Å². The highest BCUT2D eigenvalue weighted by Gasteiger charge is 2.41. The average molecular weight is 1100 g/mol. The number of nitrogens with one attached hydrogen (secondary N) is 2. The molecule has 2 saturated heterocycles. The van der Waals surface area contributed by atoms with Crippen molar-refractivity contribution >= 4 is 75.4 Å². The number of carbonyl (C=O) groups is 6. The summed E-state index contributed by atoms with van der Waals surface area (Å²) in [6, 6.07) is 7.70. The number of likely N-dealkylation sites (tertiary alicyclic amines) is 1. The van der Waals surface area contributed by atoms with E-state index in [0.717, 1.165) is 106 Å². The van der Waals surface area contributed by atoms with E-state index in [2.05, 4.69) is 35.4 Å². The number of ketones is 2. The zero-order chi connectivity index (χ0) is 55.6. The third kappa shape index (κ3) is 13.9. The third-order valence-electron chi connectivity index (χ3n) is 16.8. The van der Waals surface area contributed by atoms with Crippen LogP contribution < -0.4 is 20.4 Å². The molecule has 18 nitrogen and oxygen atoms in total. The maximum atomic E-state index is 14.5. The smallest absolute Gasteiger partial charge is 0.246 e. The Morgan fingerprint density at radius 3 is 2.25 bits per heavy atom. The Morgan fingerprint density at radius 1 is 0.823 bits per heavy atom. The lowest BCUT2D eigenvalue weighted by Crippen LogP contribution is -2.56. The lowest BCUT2D eigenvalue weighted by Gasteiger charge is -2.36. The summed E-state index contributed by atoms with van der Waals surface area (Å²) in [5.74, 6) is 0.417. The molecule has 3 atom stereocenters. The minimum atomic E-state index is -0.794. The Bertz CT molecular complexity index is 2840. The summed E-state index contributed by atoms with van der Waals surface area (Å²) < 4.78 is 19.6. The molecule has 0 spiro atoms. The molecule has 2 saturated carbocycles. The summed E-state index contributed by atoms with van der Waals surface area (Å²) in [5.41, 5.74) is 3.86. The Labute approximate surface area is 467 Å². The van der Waals surface area contributed by atoms with Gasteiger partial charge in [-0.1, -0.05) is 44.9 Å². The van der Waals surface area contributed by atoms with Gasteiger partial charge in [-0.2, -0.15) is 4.98 Å². The summed E-state index contributed by atoms with van der Waals surface area (Å²) in [6.07, 6.45) is 17.8. The van der Waals surface area contributed by atoms with Gasteiger partial charge < -0.3 is 39.9 Å². The highest BCUT2D eigenvalue weighted by molar-refractivity contribution is 7.10. The largest absolute Gasteiger partial charge is 0.367 e. The van der Waals surface area contributed by atoms with Gasteiger partial charge in [-0.25, -0.2) is 19.3 Å². The number of ether oxygens (including phenoxy) is 1. The first kappa shape index (κ1) is 57.0. The number of hydrogen-bond donors (Lipinski definition) is 2. The number of Topliss-reactive ketones (excluding diaryl/α,β-unsaturated/α-hetero) is 1. The number of fused-ring (bicyclic) bond motifs is 1. The molecule has 1 aromatic carbocycles. The molecule has 20 heteroatoms. The summed E-state index contributed by atoms with van der Waals surface area (Å²) in [5, 5.41) is 8.72. The first-order valence-electron chi connectivity index (χ1n) is 28.5. The zero-order valence-corrected chi connectivity index (χ0v) is 47.0. The van der Waals surface area contributed by atoms with E-state index in [1.165, 1.54) is 40.5 Å². The highest BCUT2D eigenvalue weighted by atomic mass is 32.1. The molecule has 0 radical (unpaired) electrons. The van der Waals surface area contributed by atoms with E-state index in [1.807, 2.05) is 30.2 Å². The summed E-state index contributed by atoms with van der Waals surface area (Å²) in [6.45, 7) is 8.91. The number of nitrogens with zero attached hydrogens (tertiary/aromatic N) is 9. The fourth-order valence-corrected chi connectivity index (χ4v) is 12.8. The Kier molecular flexibility index (Phi) is 19.1. The Hall–Kier alpha value is -6.67. The van der Waals surface area contributed by atoms with E-state index in [0.29, 0.717) is 92.7 Å². The number of likely N-dealkylation sites (N-methyl/N-ethyl adjacent to an activating group) is 1. The van der Waals surface area contributed by atoms with Crippen LogP contribution in [0.15, 0.2) is 59.7 Å². The lowest BCUT2D eigenvalue weighted by molar-refractivity contribution is -0.142. The SMILES string of the molecule is CC(=O)/C1=C(\C)c2cnc(Nc3ccc(N4CCN(C(=O)CCCCCCC(=O)N(C)[C@@H](C)C(=O)N[C@H](C(=O)N5CCC[C@H]5c5nc(C(=O)c6ccc(F)cc6)cs5)C5CCCCC5)CC4)cn3)nc2N(C2CCCC2)COC1. The number of unbranched alkanes of at least 4 members (excludes halogenated alkanes) is 3. The Balaban J connectivity index is 0.693. The predicted octanol–water partition coefficient (Wildman–Crippen LogP) is 8.81. The number of carbonyl (C=O) groups excluding carboxylic acids is 6. The second-order valence-electron chi connectivity index (χ2n) is 21.9. The summed E-state index contributed by atoms with van der Waals surface area (Å²) in [4.78, 5) is 109. The van der Waals surface area contributed by atoms with Crippen molar-refractivity contribution in [2.45, 2.75) is 154 Å². The molecule has 0 bridgehead atoms. The number of pyridine rings is 1. The number of piperazine rings is 1. The van der Waals surface area contributed by atoms with Gasteiger partial charge in [-0.05, 0) is 120 Å². The van der Waals surface area contributed by atoms with Crippen molar-refractivity contribution < 1.29 is 37.9 Å². The number of thiazole rings is 1. The van der Waals surface area contributed by atoms with Gasteiger partial charge in [-0.3, -0.25) is 28.8 Å². The maximum absolute atomic E-state index is 14.5. The van der Waals surface area contributed by atoms with E-state index in [1.54, 1.807) is 37.4 Å². The van der Waals surface area contributed by atoms with Crippen LogP contribution in [0.25, 0.3) is 5.57 Å². The molecule has 3 aliphatic heterocycles. The van der Waals surface area contributed by atoms with Crippen LogP contribution in [0.2, 0.25) is 0 Å². The predicted molar refractivity (Wildman–Crippen MR) is 301 cm³/mol. The average Bonchev–Trinajstić information content (AvgIpc) is 4.30. The molecule has 4 amide bonds. The van der Waals surface area contributed by atoms with Crippen LogP contribution in [0.4, 0.5) is 27.7 Å². The zero-order valence-electron chi connectivity index (χ0n) is 46.2. The number of allylic oxidation sites excluding steroid dienone is 1. The van der Waals surface area contributed by atoms with E-state index < -0.39 is 17.9 Å². The number of halogens is 1. The fourth-order valence-electron chi connectivity index (χ4n) is 11.8. The van der Waals surface area contributed by atoms with E-state index >= 15 is 0 Å². The van der Waals surface area contributed by atoms with Gasteiger partial charge in [0.25, 0.3) is 0 Å². The van der Waals surface area contributed by atoms with Crippen LogP contribution >= 0.6 is 11.3 Å². The van der Waals surface area contributed by atoms with Crippen LogP contribution in [-0.4, -0.2) is 141 Å². The molecule has 79 heavy (non-hydrogen) atoms. The van der Waals surface area contributed by atoms with Crippen LogP contribution in [-0.2, 0) is 28.7 Å². The Morgan fingerprint density at radius 2 is 1.54 bits per heavy atom. The number of amides is 4. The topological polar surface area (TPSA) is 203 Å². The quantitative estimate of drug-likeness (QED) is 0.0628. The normalized spacial score (nSPS) is 20.0. The van der Waals surface area contributed by atoms with Crippen LogP contribution in [0.5, 0.6) is 0 Å². The molecular weight excluding hydrogens is 1030 g/mol. The van der Waals surface area contributed by atoms with Crippen molar-refractivity contribution in [3.05, 3.63) is 87.4 Å². The van der Waals surface area contributed by atoms with Crippen molar-refractivity contribution in [3.63, 3.8) is 0 Å². The fraction of sp³-hybridized carbons (Fsp3) is 0.559. The first-order valence-corrected chi connectivity index (χ1v) is 29.4. The molecule has 4 fully saturated rings. The molecule has 0 unspecified atom stereocenters. The lowest BCUT2D eigenvalue weighted by atomic mass is 9.83. The molecule has 2 aliphatic carbocycles. The second kappa shape index (κ2) is 26.5. The number of aromatic nitrogens is 4. The van der Waals surface area contributed by atoms with Crippen molar-refractivity contribution in [3.8, 4) is 0 Å². The van der Waals surface area contributed by atoms with Gasteiger partial charge in [0, 0.05) is 86.9 Å². The van der Waals surface area contributed by atoms with Gasteiger partial charge in [0.2, 0.25) is 35.4 Å². The van der Waals surface area contributed by atoms with E-state index in [-0.39, 0.29) is 65.9 Å². The van der Waals surface area contributed by atoms with Gasteiger partial charge in [0.15, 0.2) is 5.78 Å². The van der Waals surface area contributed by atoms with Crippen molar-refractivity contribution in [1.29, 1.82) is 0 Å². The third-order valence-corrected chi connectivity index (χ3v) is 17.7. The minimum Gasteiger partial charge on any atom is -0.367 e. The van der Waals surface area contributed by atoms with Crippen LogP contribution in [0, 0.1) is 11.7 Å². The summed E-state index contributed by atoms with van der Waals surface area (Å²) in [7, 11) is 1.63. The molecule has 422 valence electrons. The van der Waals surface area contributed by atoms with Crippen molar-refractivity contribution in [2.75, 3.05) is 68.2 Å². The minimum absolute atomic E-state index is 0.0211. The standard InChI is InChI=1S/C59H76FN11O7S/c1-38-46-34-62-59(66-55(46)71(44-17-12-13-18-44)37-78-35-47(38)40(3)72)64-50-27-26-45(33-61-50)68-29-31-69(32-30-68)52(74)21-11-6-5-10-20-51(73)67(4)39(2)56(76)65-53(41-15-8-7-9-16-41)58(77)70-28-14-19-49(70)57-63-48(36-79-57)54(75)42-22-24-43(60)25-23-42/h22-27,33-34,36,39,41,44,49,53H,5-21,28-32,35,37H2,1-4H3,(H,65,76)(H,61,62,64,66)/b47-38+/t39-,49-,53-/m0/s1. The first-order chi connectivity index (χ1) is 38.2. The van der Waals surface area contributed by atoms with Crippen molar-refractivity contribution in [2.24, 2.45) is 5.92 Å². The molecule has 2 N–H and O–H groups in total. The van der Waals surface area contributed by atoms with E-state index in [4.69, 9.17) is 9.72 Å². The van der Waals surface area contributed by atoms with Gasteiger partial charge >= 0.3 is 0 Å². The summed E-state index contributed by atoms with van der Waals surface area (Å²) >= 11 is 1.33. The second-order valence-corrected chi connectivity index (χ2v) is 22.8. The molecular formula is C59H76FN11O7S. The maximum Gasteiger partial charge on any atom is 0.246 e. The van der Waals surface area contributed by atoms with E-state index in [9.17, 15) is 33.2 Å². The van der Waals surface area contributed by atoms with Crippen LogP contribution in [0.1, 0.15) is 163 Å². The molecule has 4 aromatic rings. The number of anilines is 4. The highest BCUT2D eigenvalue weighted by Crippen LogP contribution is 2.38. The number of rotatable bonds is 20.